The zero-order valence-electron chi connectivity index (χ0n) is 17.3. The summed E-state index contributed by atoms with van der Waals surface area (Å²) in [6, 6.07) is 25.4. The lowest BCUT2D eigenvalue weighted by molar-refractivity contribution is 0.299. The number of rotatable bonds is 8. The third-order valence-electron chi connectivity index (χ3n) is 5.34. The van der Waals surface area contributed by atoms with E-state index in [9.17, 15) is 0 Å². The Hall–Kier alpha value is -3.07. The van der Waals surface area contributed by atoms with Gasteiger partial charge in [0.25, 0.3) is 0 Å². The average molecular weight is 385 g/mol. The van der Waals surface area contributed by atoms with E-state index in [0.717, 1.165) is 42.9 Å². The van der Waals surface area contributed by atoms with E-state index in [1.165, 1.54) is 22.2 Å². The summed E-state index contributed by atoms with van der Waals surface area (Å²) in [5.41, 5.74) is 6.05. The minimum Gasteiger partial charge on any atom is -0.493 e. The van der Waals surface area contributed by atoms with Crippen molar-refractivity contribution in [2.75, 3.05) is 6.61 Å². The molecular formula is C26H28N2O. The van der Waals surface area contributed by atoms with Gasteiger partial charge in [0.15, 0.2) is 0 Å². The van der Waals surface area contributed by atoms with E-state index in [0.29, 0.717) is 6.61 Å². The van der Waals surface area contributed by atoms with Crippen LogP contribution in [0.4, 0.5) is 0 Å². The Labute approximate surface area is 173 Å². The molecule has 0 radical (unpaired) electrons. The maximum absolute atomic E-state index is 6.06. The summed E-state index contributed by atoms with van der Waals surface area (Å²) >= 11 is 0. The summed E-state index contributed by atoms with van der Waals surface area (Å²) in [6.07, 6.45) is 2.89. The number of para-hydroxylation sites is 2. The Morgan fingerprint density at radius 3 is 2.52 bits per heavy atom. The van der Waals surface area contributed by atoms with Crippen molar-refractivity contribution in [2.45, 2.75) is 39.7 Å². The molecule has 0 saturated carbocycles. The van der Waals surface area contributed by atoms with Crippen LogP contribution in [0.3, 0.4) is 0 Å². The van der Waals surface area contributed by atoms with Crippen molar-refractivity contribution >= 4 is 11.0 Å². The van der Waals surface area contributed by atoms with Crippen molar-refractivity contribution in [1.29, 1.82) is 0 Å². The summed E-state index contributed by atoms with van der Waals surface area (Å²) < 4.78 is 8.43. The van der Waals surface area contributed by atoms with Gasteiger partial charge in [-0.3, -0.25) is 0 Å². The fourth-order valence-electron chi connectivity index (χ4n) is 3.73. The van der Waals surface area contributed by atoms with E-state index >= 15 is 0 Å². The predicted molar refractivity (Wildman–Crippen MR) is 120 cm³/mol. The number of hydrogen-bond donors (Lipinski definition) is 0. The number of aromatic nitrogens is 2. The highest BCUT2D eigenvalue weighted by Gasteiger charge is 2.10. The number of benzene rings is 3. The average Bonchev–Trinajstić information content (AvgIpc) is 3.10. The lowest BCUT2D eigenvalue weighted by Crippen LogP contribution is -2.09. The van der Waals surface area contributed by atoms with Crippen LogP contribution in [0, 0.1) is 13.8 Å². The van der Waals surface area contributed by atoms with Gasteiger partial charge < -0.3 is 9.30 Å². The Balaban J connectivity index is 1.44. The maximum Gasteiger partial charge on any atom is 0.122 e. The lowest BCUT2D eigenvalue weighted by atomic mass is 10.1. The maximum atomic E-state index is 6.06. The number of nitrogens with zero attached hydrogens (tertiary/aromatic N) is 2. The molecule has 0 atom stereocenters. The van der Waals surface area contributed by atoms with Crippen molar-refractivity contribution in [2.24, 2.45) is 0 Å². The van der Waals surface area contributed by atoms with E-state index in [2.05, 4.69) is 91.2 Å². The first kappa shape index (κ1) is 19.3. The first-order valence-corrected chi connectivity index (χ1v) is 10.4. The second-order valence-corrected chi connectivity index (χ2v) is 7.62. The molecule has 3 heteroatoms. The van der Waals surface area contributed by atoms with Gasteiger partial charge in [0, 0.05) is 13.0 Å². The molecule has 0 bridgehead atoms. The Morgan fingerprint density at radius 1 is 0.862 bits per heavy atom. The molecular weight excluding hydrogens is 356 g/mol. The van der Waals surface area contributed by atoms with Crippen LogP contribution in [0.5, 0.6) is 5.75 Å². The van der Waals surface area contributed by atoms with Gasteiger partial charge in [-0.05, 0) is 61.6 Å². The number of fused-ring (bicyclic) bond motifs is 1. The molecule has 0 fully saturated rings. The van der Waals surface area contributed by atoms with E-state index in [1.807, 2.05) is 0 Å². The van der Waals surface area contributed by atoms with Crippen LogP contribution in [0.25, 0.3) is 11.0 Å². The second-order valence-electron chi connectivity index (χ2n) is 7.62. The molecule has 4 rings (SSSR count). The van der Waals surface area contributed by atoms with Crippen molar-refractivity contribution in [1.82, 2.24) is 9.55 Å². The van der Waals surface area contributed by atoms with Crippen molar-refractivity contribution in [3.05, 3.63) is 95.3 Å². The van der Waals surface area contributed by atoms with E-state index in [4.69, 9.17) is 9.72 Å². The predicted octanol–water partition coefficient (Wildman–Crippen LogP) is 5.91. The van der Waals surface area contributed by atoms with E-state index in [1.54, 1.807) is 0 Å². The van der Waals surface area contributed by atoms with Crippen LogP contribution >= 0.6 is 0 Å². The fraction of sp³-hybridized carbons (Fsp3) is 0.269. The number of ether oxygens (including phenoxy) is 1. The van der Waals surface area contributed by atoms with Crippen LogP contribution in [0.1, 0.15) is 28.9 Å². The third kappa shape index (κ3) is 4.68. The molecule has 29 heavy (non-hydrogen) atoms. The summed E-state index contributed by atoms with van der Waals surface area (Å²) in [5.74, 6) is 2.14. The topological polar surface area (TPSA) is 27.1 Å². The van der Waals surface area contributed by atoms with Crippen molar-refractivity contribution in [3.63, 3.8) is 0 Å². The Bertz CT molecular complexity index is 1080. The molecule has 0 aliphatic heterocycles. The molecule has 1 heterocycles. The molecule has 4 aromatic rings. The molecule has 0 aliphatic carbocycles. The lowest BCUT2D eigenvalue weighted by Gasteiger charge is -2.12. The molecule has 0 amide bonds. The Morgan fingerprint density at radius 2 is 1.66 bits per heavy atom. The first-order chi connectivity index (χ1) is 14.2. The van der Waals surface area contributed by atoms with E-state index < -0.39 is 0 Å². The first-order valence-electron chi connectivity index (χ1n) is 10.4. The second kappa shape index (κ2) is 8.95. The molecule has 1 aromatic heterocycles. The summed E-state index contributed by atoms with van der Waals surface area (Å²) in [5, 5.41) is 0. The van der Waals surface area contributed by atoms with Crippen molar-refractivity contribution < 1.29 is 4.74 Å². The minimum atomic E-state index is 0.703. The fourth-order valence-corrected chi connectivity index (χ4v) is 3.73. The SMILES string of the molecule is Cc1ccc(C)c(OCCCn2c(CCc3ccccc3)nc3ccccc32)c1. The molecule has 0 unspecified atom stereocenters. The van der Waals surface area contributed by atoms with Crippen LogP contribution in [-0.4, -0.2) is 16.2 Å². The number of hydrogen-bond acceptors (Lipinski definition) is 2. The highest BCUT2D eigenvalue weighted by atomic mass is 16.5. The largest absolute Gasteiger partial charge is 0.493 e. The van der Waals surface area contributed by atoms with Gasteiger partial charge in [-0.2, -0.15) is 0 Å². The summed E-state index contributed by atoms with van der Waals surface area (Å²) in [7, 11) is 0. The number of aryl methyl sites for hydroxylation is 5. The molecule has 0 saturated heterocycles. The highest BCUT2D eigenvalue weighted by molar-refractivity contribution is 5.75. The van der Waals surface area contributed by atoms with Gasteiger partial charge in [-0.25, -0.2) is 4.98 Å². The zero-order valence-corrected chi connectivity index (χ0v) is 17.3. The number of imidazole rings is 1. The highest BCUT2D eigenvalue weighted by Crippen LogP contribution is 2.21. The van der Waals surface area contributed by atoms with Crippen LogP contribution in [0.2, 0.25) is 0 Å². The molecule has 0 spiro atoms. The molecule has 0 aliphatic rings. The summed E-state index contributed by atoms with van der Waals surface area (Å²) in [6.45, 7) is 5.81. The minimum absolute atomic E-state index is 0.703. The smallest absolute Gasteiger partial charge is 0.122 e. The van der Waals surface area contributed by atoms with E-state index in [-0.39, 0.29) is 0 Å². The monoisotopic (exact) mass is 384 g/mol. The third-order valence-corrected chi connectivity index (χ3v) is 5.34. The standard InChI is InChI=1S/C26H28N2O/c1-20-13-14-21(2)25(19-20)29-18-8-17-28-24-12-7-6-11-23(24)27-26(28)16-15-22-9-4-3-5-10-22/h3-7,9-14,19H,8,15-18H2,1-2H3. The van der Waals surface area contributed by atoms with Gasteiger partial charge in [-0.1, -0.05) is 54.6 Å². The molecule has 3 nitrogen and oxygen atoms in total. The van der Waals surface area contributed by atoms with Gasteiger partial charge >= 0.3 is 0 Å². The van der Waals surface area contributed by atoms with Gasteiger partial charge in [0.1, 0.15) is 11.6 Å². The molecule has 3 aromatic carbocycles. The van der Waals surface area contributed by atoms with Crippen LogP contribution in [0.15, 0.2) is 72.8 Å². The van der Waals surface area contributed by atoms with Crippen LogP contribution < -0.4 is 4.74 Å². The van der Waals surface area contributed by atoms with Crippen molar-refractivity contribution in [3.8, 4) is 5.75 Å². The van der Waals surface area contributed by atoms with Gasteiger partial charge in [-0.15, -0.1) is 0 Å². The van der Waals surface area contributed by atoms with Gasteiger partial charge in [0.2, 0.25) is 0 Å². The Kier molecular flexibility index (Phi) is 5.95. The quantitative estimate of drug-likeness (QED) is 0.353. The zero-order chi connectivity index (χ0) is 20.1. The molecule has 148 valence electrons. The van der Waals surface area contributed by atoms with Crippen LogP contribution in [-0.2, 0) is 19.4 Å². The normalized spacial score (nSPS) is 11.1. The van der Waals surface area contributed by atoms with Gasteiger partial charge in [0.05, 0.1) is 17.6 Å². The molecule has 0 N–H and O–H groups in total. The summed E-state index contributed by atoms with van der Waals surface area (Å²) in [4.78, 5) is 4.91.